The topological polar surface area (TPSA) is 25.8 Å². The molecule has 0 aliphatic carbocycles. The van der Waals surface area contributed by atoms with E-state index in [1.165, 1.54) is 0 Å². The van der Waals surface area contributed by atoms with Crippen molar-refractivity contribution in [2.75, 3.05) is 0 Å². The van der Waals surface area contributed by atoms with E-state index in [0.29, 0.717) is 16.0 Å². The molecule has 0 N–H and O–H groups in total. The summed E-state index contributed by atoms with van der Waals surface area (Å²) in [7, 11) is 0. The summed E-state index contributed by atoms with van der Waals surface area (Å²) in [6, 6.07) is 11.7. The predicted molar refractivity (Wildman–Crippen MR) is 84.5 cm³/mol. The van der Waals surface area contributed by atoms with Crippen LogP contribution in [0, 0.1) is 13.8 Å². The molecule has 0 amide bonds. The third-order valence-corrected chi connectivity index (χ3v) is 3.77. The Balaban J connectivity index is 2.24. The zero-order valence-electron chi connectivity index (χ0n) is 11.1. The largest absolute Gasteiger partial charge is 0.228 e. The summed E-state index contributed by atoms with van der Waals surface area (Å²) in [5.74, 6) is 0.552. The average molecular weight is 303 g/mol. The van der Waals surface area contributed by atoms with Crippen molar-refractivity contribution in [1.82, 2.24) is 9.97 Å². The van der Waals surface area contributed by atoms with Gasteiger partial charge in [-0.25, -0.2) is 9.97 Å². The second-order valence-electron chi connectivity index (χ2n) is 4.84. The van der Waals surface area contributed by atoms with Gasteiger partial charge in [-0.05, 0) is 43.7 Å². The van der Waals surface area contributed by atoms with E-state index in [4.69, 9.17) is 23.2 Å². The molecule has 3 aromatic rings. The van der Waals surface area contributed by atoms with Gasteiger partial charge in [0.2, 0.25) is 0 Å². The van der Waals surface area contributed by atoms with Crippen LogP contribution in [-0.2, 0) is 0 Å². The number of hydrogen-bond donors (Lipinski definition) is 0. The molecule has 2 aromatic carbocycles. The normalized spacial score (nSPS) is 11.0. The lowest BCUT2D eigenvalue weighted by molar-refractivity contribution is 1.22. The van der Waals surface area contributed by atoms with Crippen molar-refractivity contribution in [2.45, 2.75) is 13.8 Å². The molecule has 1 heterocycles. The van der Waals surface area contributed by atoms with Crippen molar-refractivity contribution in [3.8, 4) is 11.4 Å². The first-order chi connectivity index (χ1) is 9.54. The van der Waals surface area contributed by atoms with Crippen molar-refractivity contribution in [1.29, 1.82) is 0 Å². The molecule has 0 unspecified atom stereocenters. The molecular formula is C16H12Cl2N2. The first-order valence-electron chi connectivity index (χ1n) is 6.25. The van der Waals surface area contributed by atoms with Gasteiger partial charge in [0, 0.05) is 10.9 Å². The van der Waals surface area contributed by atoms with Gasteiger partial charge in [-0.3, -0.25) is 0 Å². The van der Waals surface area contributed by atoms with Crippen LogP contribution in [0.4, 0.5) is 0 Å². The second kappa shape index (κ2) is 5.04. The lowest BCUT2D eigenvalue weighted by Gasteiger charge is -2.07. The molecule has 0 radical (unpaired) electrons. The lowest BCUT2D eigenvalue weighted by Crippen LogP contribution is -1.93. The molecule has 0 spiro atoms. The maximum absolute atomic E-state index is 6.27. The summed E-state index contributed by atoms with van der Waals surface area (Å²) < 4.78 is 0. The number of rotatable bonds is 1. The van der Waals surface area contributed by atoms with Crippen molar-refractivity contribution >= 4 is 34.1 Å². The maximum Gasteiger partial charge on any atom is 0.162 e. The van der Waals surface area contributed by atoms with E-state index >= 15 is 0 Å². The Bertz CT molecular complexity index is 813. The van der Waals surface area contributed by atoms with Crippen LogP contribution in [0.1, 0.15) is 11.1 Å². The van der Waals surface area contributed by atoms with Crippen LogP contribution in [0.5, 0.6) is 0 Å². The van der Waals surface area contributed by atoms with Gasteiger partial charge in [0.15, 0.2) is 5.82 Å². The average Bonchev–Trinajstić information content (AvgIpc) is 2.39. The fourth-order valence-electron chi connectivity index (χ4n) is 2.13. The molecule has 0 saturated carbocycles. The Morgan fingerprint density at radius 2 is 1.55 bits per heavy atom. The van der Waals surface area contributed by atoms with Crippen molar-refractivity contribution in [3.05, 3.63) is 57.7 Å². The maximum atomic E-state index is 6.27. The second-order valence-corrected chi connectivity index (χ2v) is 5.61. The Hall–Kier alpha value is -1.64. The zero-order chi connectivity index (χ0) is 14.3. The van der Waals surface area contributed by atoms with E-state index in [0.717, 1.165) is 27.6 Å². The first-order valence-corrected chi connectivity index (χ1v) is 7.00. The van der Waals surface area contributed by atoms with Crippen LogP contribution in [0.15, 0.2) is 36.4 Å². The fourth-order valence-corrected chi connectivity index (χ4v) is 2.68. The van der Waals surface area contributed by atoms with E-state index in [1.807, 2.05) is 50.2 Å². The highest BCUT2D eigenvalue weighted by Gasteiger charge is 2.11. The molecule has 1 aromatic heterocycles. The van der Waals surface area contributed by atoms with Gasteiger partial charge in [-0.1, -0.05) is 40.9 Å². The van der Waals surface area contributed by atoms with E-state index in [-0.39, 0.29) is 0 Å². The predicted octanol–water partition coefficient (Wildman–Crippen LogP) is 5.22. The van der Waals surface area contributed by atoms with Crippen LogP contribution in [0.3, 0.4) is 0 Å². The van der Waals surface area contributed by atoms with Gasteiger partial charge < -0.3 is 0 Å². The van der Waals surface area contributed by atoms with Gasteiger partial charge in [-0.2, -0.15) is 0 Å². The van der Waals surface area contributed by atoms with Gasteiger partial charge in [0.25, 0.3) is 0 Å². The van der Waals surface area contributed by atoms with Crippen LogP contribution in [-0.4, -0.2) is 9.97 Å². The van der Waals surface area contributed by atoms with Crippen LogP contribution in [0.2, 0.25) is 10.2 Å². The van der Waals surface area contributed by atoms with Crippen LogP contribution >= 0.6 is 23.2 Å². The Morgan fingerprint density at radius 3 is 2.30 bits per heavy atom. The van der Waals surface area contributed by atoms with E-state index < -0.39 is 0 Å². The van der Waals surface area contributed by atoms with Crippen LogP contribution in [0.25, 0.3) is 22.3 Å². The highest BCUT2D eigenvalue weighted by Crippen LogP contribution is 2.30. The minimum absolute atomic E-state index is 0.449. The molecule has 0 aliphatic heterocycles. The molecule has 0 bridgehead atoms. The fraction of sp³-hybridized carbons (Fsp3) is 0.125. The first kappa shape index (κ1) is 13.3. The molecule has 20 heavy (non-hydrogen) atoms. The third kappa shape index (κ3) is 2.37. The van der Waals surface area contributed by atoms with Gasteiger partial charge in [0.1, 0.15) is 5.15 Å². The molecule has 100 valence electrons. The van der Waals surface area contributed by atoms with Crippen LogP contribution < -0.4 is 0 Å². The molecule has 0 atom stereocenters. The highest BCUT2D eigenvalue weighted by atomic mass is 35.5. The van der Waals surface area contributed by atoms with E-state index in [9.17, 15) is 0 Å². The summed E-state index contributed by atoms with van der Waals surface area (Å²) in [6.45, 7) is 4.01. The molecule has 2 nitrogen and oxygen atoms in total. The summed E-state index contributed by atoms with van der Waals surface area (Å²) in [6.07, 6.45) is 0. The van der Waals surface area contributed by atoms with Gasteiger partial charge in [0.05, 0.1) is 10.5 Å². The monoisotopic (exact) mass is 302 g/mol. The quantitative estimate of drug-likeness (QED) is 0.576. The summed E-state index contributed by atoms with van der Waals surface area (Å²) in [5, 5.41) is 1.94. The number of fused-ring (bicyclic) bond motifs is 1. The van der Waals surface area contributed by atoms with Crippen molar-refractivity contribution in [3.63, 3.8) is 0 Å². The van der Waals surface area contributed by atoms with Crippen molar-refractivity contribution in [2.24, 2.45) is 0 Å². The number of benzene rings is 2. The number of aryl methyl sites for hydroxylation is 2. The summed E-state index contributed by atoms with van der Waals surface area (Å²) >= 11 is 12.5. The van der Waals surface area contributed by atoms with Gasteiger partial charge >= 0.3 is 0 Å². The third-order valence-electron chi connectivity index (χ3n) is 3.17. The molecular weight excluding hydrogens is 291 g/mol. The number of halogens is 2. The standard InChI is InChI=1S/C16H12Cl2N2/c1-9-4-6-14-12(7-9)15(18)20-16(19-14)11-5-3-10(2)8-13(11)17/h3-8H,1-2H3. The van der Waals surface area contributed by atoms with Gasteiger partial charge in [-0.15, -0.1) is 0 Å². The SMILES string of the molecule is Cc1ccc(-c2nc(Cl)c3cc(C)ccc3n2)c(Cl)c1. The Morgan fingerprint density at radius 1 is 0.850 bits per heavy atom. The summed E-state index contributed by atoms with van der Waals surface area (Å²) in [5.41, 5.74) is 3.84. The molecule has 0 saturated heterocycles. The minimum atomic E-state index is 0.449. The molecule has 3 rings (SSSR count). The number of hydrogen-bond acceptors (Lipinski definition) is 2. The molecule has 0 fully saturated rings. The lowest BCUT2D eigenvalue weighted by atomic mass is 10.1. The number of aromatic nitrogens is 2. The highest BCUT2D eigenvalue weighted by molar-refractivity contribution is 6.35. The smallest absolute Gasteiger partial charge is 0.162 e. The van der Waals surface area contributed by atoms with E-state index in [2.05, 4.69) is 9.97 Å². The molecule has 0 aliphatic rings. The minimum Gasteiger partial charge on any atom is -0.228 e. The van der Waals surface area contributed by atoms with Crippen molar-refractivity contribution < 1.29 is 0 Å². The number of nitrogens with zero attached hydrogens (tertiary/aromatic N) is 2. The Labute approximate surface area is 127 Å². The zero-order valence-corrected chi connectivity index (χ0v) is 12.6. The molecule has 4 heteroatoms. The Kier molecular flexibility index (Phi) is 3.36. The summed E-state index contributed by atoms with van der Waals surface area (Å²) in [4.78, 5) is 8.93. The van der Waals surface area contributed by atoms with E-state index in [1.54, 1.807) is 0 Å².